The number of nitrogens with zero attached hydrogens (tertiary/aromatic N) is 1. The summed E-state index contributed by atoms with van der Waals surface area (Å²) < 4.78 is 36.9. The average Bonchev–Trinajstić information content (AvgIpc) is 2.36. The number of carbonyl (C=O) groups is 1. The molecule has 1 rings (SSSR count). The molecule has 1 aliphatic carbocycles. The van der Waals surface area contributed by atoms with Crippen LogP contribution in [-0.2, 0) is 0 Å². The van der Waals surface area contributed by atoms with Crippen molar-refractivity contribution in [3.63, 3.8) is 0 Å². The van der Waals surface area contributed by atoms with Crippen LogP contribution in [0.2, 0.25) is 0 Å². The van der Waals surface area contributed by atoms with Crippen LogP contribution in [0.4, 0.5) is 18.0 Å². The minimum absolute atomic E-state index is 0.0358. The van der Waals surface area contributed by atoms with Gasteiger partial charge in [-0.3, -0.25) is 0 Å². The minimum atomic E-state index is -4.25. The van der Waals surface area contributed by atoms with Gasteiger partial charge in [-0.25, -0.2) is 4.79 Å². The van der Waals surface area contributed by atoms with Crippen LogP contribution in [0, 0.1) is 12.3 Å². The molecular formula is C13H19F3N2O. The molecule has 0 aromatic rings. The molecule has 1 fully saturated rings. The van der Waals surface area contributed by atoms with Crippen molar-refractivity contribution >= 4 is 6.03 Å². The first-order valence-electron chi connectivity index (χ1n) is 6.48. The van der Waals surface area contributed by atoms with Gasteiger partial charge in [0.05, 0.1) is 13.0 Å². The molecule has 6 heteroatoms. The van der Waals surface area contributed by atoms with E-state index in [1.54, 1.807) is 0 Å². The number of terminal acetylenes is 1. The van der Waals surface area contributed by atoms with Crippen molar-refractivity contribution < 1.29 is 18.0 Å². The lowest BCUT2D eigenvalue weighted by Crippen LogP contribution is -2.48. The summed E-state index contributed by atoms with van der Waals surface area (Å²) in [6, 6.07) is -0.594. The Morgan fingerprint density at radius 1 is 1.32 bits per heavy atom. The summed E-state index contributed by atoms with van der Waals surface area (Å²) >= 11 is 0. The maximum Gasteiger partial charge on any atom is 0.390 e. The van der Waals surface area contributed by atoms with E-state index in [0.29, 0.717) is 0 Å². The molecule has 2 amide bonds. The summed E-state index contributed by atoms with van der Waals surface area (Å²) in [6.45, 7) is -0.265. The monoisotopic (exact) mass is 276 g/mol. The van der Waals surface area contributed by atoms with Gasteiger partial charge >= 0.3 is 12.2 Å². The number of amides is 2. The van der Waals surface area contributed by atoms with Crippen molar-refractivity contribution in [3.05, 3.63) is 0 Å². The number of hydrogen-bond donors (Lipinski definition) is 1. The van der Waals surface area contributed by atoms with Gasteiger partial charge in [0.15, 0.2) is 0 Å². The minimum Gasteiger partial charge on any atom is -0.327 e. The van der Waals surface area contributed by atoms with Crippen LogP contribution < -0.4 is 5.32 Å². The third kappa shape index (κ3) is 5.86. The third-order valence-corrected chi connectivity index (χ3v) is 3.25. The molecule has 0 bridgehead atoms. The van der Waals surface area contributed by atoms with Crippen molar-refractivity contribution in [2.24, 2.45) is 0 Å². The standard InChI is InChI=1S/C13H19F3N2O/c1-2-9-17-12(19)18(10-8-13(14,15)16)11-6-4-3-5-7-11/h1,11H,3-10H2,(H,17,19). The fraction of sp³-hybridized carbons (Fsp3) is 0.769. The molecule has 0 aromatic carbocycles. The van der Waals surface area contributed by atoms with Crippen LogP contribution in [-0.4, -0.2) is 36.2 Å². The molecule has 3 nitrogen and oxygen atoms in total. The van der Waals surface area contributed by atoms with Gasteiger partial charge in [-0.15, -0.1) is 6.42 Å². The summed E-state index contributed by atoms with van der Waals surface area (Å²) in [5.41, 5.74) is 0. The zero-order valence-electron chi connectivity index (χ0n) is 10.8. The van der Waals surface area contributed by atoms with Crippen molar-refractivity contribution in [2.75, 3.05) is 13.1 Å². The van der Waals surface area contributed by atoms with Gasteiger partial charge in [0.2, 0.25) is 0 Å². The van der Waals surface area contributed by atoms with Crippen LogP contribution in [0.5, 0.6) is 0 Å². The summed E-state index contributed by atoms with van der Waals surface area (Å²) in [4.78, 5) is 13.2. The van der Waals surface area contributed by atoms with Gasteiger partial charge in [-0.1, -0.05) is 25.2 Å². The van der Waals surface area contributed by atoms with E-state index in [9.17, 15) is 18.0 Å². The van der Waals surface area contributed by atoms with E-state index in [1.807, 2.05) is 0 Å². The van der Waals surface area contributed by atoms with Gasteiger partial charge in [-0.2, -0.15) is 13.2 Å². The molecule has 0 aromatic heterocycles. The Bertz CT molecular complexity index is 330. The van der Waals surface area contributed by atoms with Gasteiger partial charge < -0.3 is 10.2 Å². The average molecular weight is 276 g/mol. The van der Waals surface area contributed by atoms with E-state index in [0.717, 1.165) is 32.1 Å². The highest BCUT2D eigenvalue weighted by Gasteiger charge is 2.32. The van der Waals surface area contributed by atoms with Crippen molar-refractivity contribution in [3.8, 4) is 12.3 Å². The zero-order valence-corrected chi connectivity index (χ0v) is 10.8. The highest BCUT2D eigenvalue weighted by molar-refractivity contribution is 5.74. The van der Waals surface area contributed by atoms with Crippen molar-refractivity contribution in [1.29, 1.82) is 0 Å². The number of alkyl halides is 3. The molecule has 1 aliphatic rings. The molecular weight excluding hydrogens is 257 g/mol. The highest BCUT2D eigenvalue weighted by Crippen LogP contribution is 2.25. The van der Waals surface area contributed by atoms with Crippen LogP contribution in [0.3, 0.4) is 0 Å². The second kappa shape index (κ2) is 7.27. The molecule has 0 heterocycles. The van der Waals surface area contributed by atoms with Gasteiger partial charge in [0.25, 0.3) is 0 Å². The molecule has 0 aliphatic heterocycles. The Morgan fingerprint density at radius 3 is 2.47 bits per heavy atom. The highest BCUT2D eigenvalue weighted by atomic mass is 19.4. The molecule has 19 heavy (non-hydrogen) atoms. The fourth-order valence-electron chi connectivity index (χ4n) is 2.32. The molecule has 0 spiro atoms. The number of hydrogen-bond acceptors (Lipinski definition) is 1. The molecule has 108 valence electrons. The smallest absolute Gasteiger partial charge is 0.327 e. The maximum absolute atomic E-state index is 12.3. The number of halogens is 3. The first-order valence-corrected chi connectivity index (χ1v) is 6.48. The lowest BCUT2D eigenvalue weighted by atomic mass is 9.94. The van der Waals surface area contributed by atoms with E-state index in [1.165, 1.54) is 4.90 Å². The van der Waals surface area contributed by atoms with E-state index in [-0.39, 0.29) is 19.1 Å². The predicted molar refractivity (Wildman–Crippen MR) is 66.5 cm³/mol. The SMILES string of the molecule is C#CCNC(=O)N(CCC(F)(F)F)C1CCCCC1. The quantitative estimate of drug-likeness (QED) is 0.787. The Hall–Kier alpha value is -1.38. The molecule has 0 saturated heterocycles. The van der Waals surface area contributed by atoms with Gasteiger partial charge in [-0.05, 0) is 12.8 Å². The Labute approximate surface area is 111 Å². The second-order valence-corrected chi connectivity index (χ2v) is 4.71. The van der Waals surface area contributed by atoms with Crippen LogP contribution >= 0.6 is 0 Å². The van der Waals surface area contributed by atoms with E-state index >= 15 is 0 Å². The topological polar surface area (TPSA) is 32.3 Å². The largest absolute Gasteiger partial charge is 0.390 e. The normalized spacial score (nSPS) is 16.7. The molecule has 1 saturated carbocycles. The summed E-state index contributed by atoms with van der Waals surface area (Å²) in [7, 11) is 0. The van der Waals surface area contributed by atoms with E-state index in [4.69, 9.17) is 6.42 Å². The van der Waals surface area contributed by atoms with Gasteiger partial charge in [0, 0.05) is 12.6 Å². The molecule has 0 unspecified atom stereocenters. The number of carbonyl (C=O) groups excluding carboxylic acids is 1. The Balaban J connectivity index is 2.60. The Morgan fingerprint density at radius 2 is 1.95 bits per heavy atom. The summed E-state index contributed by atoms with van der Waals surface area (Å²) in [5.74, 6) is 2.25. The lowest BCUT2D eigenvalue weighted by Gasteiger charge is -2.34. The van der Waals surface area contributed by atoms with Crippen molar-refractivity contribution in [1.82, 2.24) is 10.2 Å². The van der Waals surface area contributed by atoms with Gasteiger partial charge in [0.1, 0.15) is 0 Å². The number of nitrogens with one attached hydrogen (secondary N) is 1. The summed E-state index contributed by atoms with van der Waals surface area (Å²) in [6.07, 6.45) is 4.32. The molecule has 1 N–H and O–H groups in total. The van der Waals surface area contributed by atoms with Crippen LogP contribution in [0.25, 0.3) is 0 Å². The first-order chi connectivity index (χ1) is 8.94. The maximum atomic E-state index is 12.3. The summed E-state index contributed by atoms with van der Waals surface area (Å²) in [5, 5.41) is 2.45. The predicted octanol–water partition coefficient (Wildman–Crippen LogP) is 2.92. The van der Waals surface area contributed by atoms with E-state index < -0.39 is 18.6 Å². The van der Waals surface area contributed by atoms with Crippen LogP contribution in [0.15, 0.2) is 0 Å². The molecule has 0 atom stereocenters. The van der Waals surface area contributed by atoms with E-state index in [2.05, 4.69) is 11.2 Å². The molecule has 0 radical (unpaired) electrons. The first kappa shape index (κ1) is 15.7. The second-order valence-electron chi connectivity index (χ2n) is 4.71. The number of urea groups is 1. The number of rotatable bonds is 4. The Kier molecular flexibility index (Phi) is 6.00. The van der Waals surface area contributed by atoms with Crippen molar-refractivity contribution in [2.45, 2.75) is 50.7 Å². The zero-order chi connectivity index (χ0) is 14.3. The lowest BCUT2D eigenvalue weighted by molar-refractivity contribution is -0.137. The third-order valence-electron chi connectivity index (χ3n) is 3.25. The fourth-order valence-corrected chi connectivity index (χ4v) is 2.32. The van der Waals surface area contributed by atoms with Crippen LogP contribution in [0.1, 0.15) is 38.5 Å².